The van der Waals surface area contributed by atoms with Crippen LogP contribution in [-0.4, -0.2) is 30.1 Å². The molecule has 1 fully saturated rings. The molecule has 4 heteroatoms. The first-order chi connectivity index (χ1) is 7.56. The van der Waals surface area contributed by atoms with E-state index in [0.717, 1.165) is 25.2 Å². The van der Waals surface area contributed by atoms with Gasteiger partial charge in [0.05, 0.1) is 0 Å². The van der Waals surface area contributed by atoms with Gasteiger partial charge in [-0.25, -0.2) is 8.78 Å². The number of benzene rings is 1. The number of nitrogens with zero attached hydrogens (tertiary/aromatic N) is 1. The van der Waals surface area contributed by atoms with E-state index in [-0.39, 0.29) is 6.10 Å². The van der Waals surface area contributed by atoms with Crippen LogP contribution in [0, 0.1) is 11.6 Å². The third kappa shape index (κ3) is 2.32. The molecular weight excluding hydrogens is 212 g/mol. The van der Waals surface area contributed by atoms with Gasteiger partial charge in [0.1, 0.15) is 11.9 Å². The lowest BCUT2D eigenvalue weighted by Crippen LogP contribution is -2.56. The second-order valence-corrected chi connectivity index (χ2v) is 4.36. The van der Waals surface area contributed by atoms with Crippen molar-refractivity contribution < 1.29 is 13.5 Å². The van der Waals surface area contributed by atoms with E-state index in [9.17, 15) is 8.78 Å². The monoisotopic (exact) mass is 227 g/mol. The summed E-state index contributed by atoms with van der Waals surface area (Å²) in [7, 11) is 0. The SMILES string of the molecule is CC(C)N1CC(Oc2ccc(F)c(F)c2)C1. The smallest absolute Gasteiger partial charge is 0.162 e. The second kappa shape index (κ2) is 4.37. The fourth-order valence-electron chi connectivity index (χ4n) is 1.71. The largest absolute Gasteiger partial charge is 0.488 e. The fraction of sp³-hybridized carbons (Fsp3) is 0.500. The first-order valence-corrected chi connectivity index (χ1v) is 5.42. The van der Waals surface area contributed by atoms with Gasteiger partial charge in [0.2, 0.25) is 0 Å². The molecule has 0 atom stereocenters. The van der Waals surface area contributed by atoms with Gasteiger partial charge in [0, 0.05) is 25.2 Å². The molecule has 0 saturated carbocycles. The van der Waals surface area contributed by atoms with Crippen LogP contribution in [0.5, 0.6) is 5.75 Å². The second-order valence-electron chi connectivity index (χ2n) is 4.36. The Bertz CT molecular complexity index is 375. The Labute approximate surface area is 93.8 Å². The van der Waals surface area contributed by atoms with Crippen LogP contribution in [0.15, 0.2) is 18.2 Å². The minimum Gasteiger partial charge on any atom is -0.488 e. The van der Waals surface area contributed by atoms with Crippen LogP contribution >= 0.6 is 0 Å². The first-order valence-electron chi connectivity index (χ1n) is 5.42. The molecule has 1 aromatic rings. The number of hydrogen-bond donors (Lipinski definition) is 0. The topological polar surface area (TPSA) is 12.5 Å². The molecule has 0 unspecified atom stereocenters. The zero-order valence-corrected chi connectivity index (χ0v) is 9.41. The fourth-order valence-corrected chi connectivity index (χ4v) is 1.71. The predicted octanol–water partition coefficient (Wildman–Crippen LogP) is 2.44. The lowest BCUT2D eigenvalue weighted by molar-refractivity contribution is -0.0000494. The summed E-state index contributed by atoms with van der Waals surface area (Å²) < 4.78 is 31.1. The van der Waals surface area contributed by atoms with Gasteiger partial charge in [-0.3, -0.25) is 4.90 Å². The third-order valence-electron chi connectivity index (χ3n) is 2.80. The van der Waals surface area contributed by atoms with Crippen molar-refractivity contribution in [3.05, 3.63) is 29.8 Å². The lowest BCUT2D eigenvalue weighted by Gasteiger charge is -2.41. The van der Waals surface area contributed by atoms with Crippen LogP contribution in [0.3, 0.4) is 0 Å². The molecule has 1 aliphatic heterocycles. The summed E-state index contributed by atoms with van der Waals surface area (Å²) in [4.78, 5) is 2.25. The van der Waals surface area contributed by atoms with Crippen LogP contribution in [0.2, 0.25) is 0 Å². The Balaban J connectivity index is 1.89. The van der Waals surface area contributed by atoms with Gasteiger partial charge >= 0.3 is 0 Å². The van der Waals surface area contributed by atoms with E-state index in [1.165, 1.54) is 6.07 Å². The Morgan fingerprint density at radius 3 is 2.50 bits per heavy atom. The molecule has 2 nitrogen and oxygen atoms in total. The summed E-state index contributed by atoms with van der Waals surface area (Å²) in [6, 6.07) is 4.14. The van der Waals surface area contributed by atoms with Crippen molar-refractivity contribution in [1.29, 1.82) is 0 Å². The molecule has 0 amide bonds. The van der Waals surface area contributed by atoms with E-state index in [0.29, 0.717) is 11.8 Å². The normalized spacial score (nSPS) is 17.6. The van der Waals surface area contributed by atoms with Gasteiger partial charge in [-0.05, 0) is 26.0 Å². The van der Waals surface area contributed by atoms with Crippen LogP contribution in [-0.2, 0) is 0 Å². The van der Waals surface area contributed by atoms with Gasteiger partial charge in [-0.15, -0.1) is 0 Å². The zero-order valence-electron chi connectivity index (χ0n) is 9.41. The van der Waals surface area contributed by atoms with Crippen molar-refractivity contribution in [2.45, 2.75) is 26.0 Å². The molecule has 16 heavy (non-hydrogen) atoms. The Hall–Kier alpha value is -1.16. The minimum atomic E-state index is -0.863. The molecule has 0 radical (unpaired) electrons. The number of rotatable bonds is 3. The van der Waals surface area contributed by atoms with E-state index in [2.05, 4.69) is 18.7 Å². The van der Waals surface area contributed by atoms with Gasteiger partial charge in [-0.2, -0.15) is 0 Å². The molecule has 0 spiro atoms. The molecule has 2 rings (SSSR count). The molecule has 0 bridgehead atoms. The molecule has 1 heterocycles. The van der Waals surface area contributed by atoms with Crippen molar-refractivity contribution in [1.82, 2.24) is 4.90 Å². The molecule has 1 aromatic carbocycles. The molecule has 0 aliphatic carbocycles. The van der Waals surface area contributed by atoms with Crippen molar-refractivity contribution in [3.8, 4) is 5.75 Å². The summed E-state index contributed by atoms with van der Waals surface area (Å²) >= 11 is 0. The highest BCUT2D eigenvalue weighted by Gasteiger charge is 2.30. The van der Waals surface area contributed by atoms with Gasteiger partial charge in [-0.1, -0.05) is 0 Å². The van der Waals surface area contributed by atoms with Crippen LogP contribution < -0.4 is 4.74 Å². The highest BCUT2D eigenvalue weighted by atomic mass is 19.2. The van der Waals surface area contributed by atoms with Crippen molar-refractivity contribution in [2.24, 2.45) is 0 Å². The maximum atomic E-state index is 12.9. The molecular formula is C12H15F2NO. The number of ether oxygens (including phenoxy) is 1. The predicted molar refractivity (Wildman–Crippen MR) is 57.5 cm³/mol. The number of likely N-dealkylation sites (tertiary alicyclic amines) is 1. The van der Waals surface area contributed by atoms with Crippen LogP contribution in [0.4, 0.5) is 8.78 Å². The number of hydrogen-bond acceptors (Lipinski definition) is 2. The maximum absolute atomic E-state index is 12.9. The maximum Gasteiger partial charge on any atom is 0.162 e. The van der Waals surface area contributed by atoms with Gasteiger partial charge < -0.3 is 4.74 Å². The highest BCUT2D eigenvalue weighted by Crippen LogP contribution is 2.21. The Kier molecular flexibility index (Phi) is 3.10. The highest BCUT2D eigenvalue weighted by molar-refractivity contribution is 5.24. The standard InChI is InChI=1S/C12H15F2NO/c1-8(2)15-6-10(7-15)16-9-3-4-11(13)12(14)5-9/h3-5,8,10H,6-7H2,1-2H3. The van der Waals surface area contributed by atoms with E-state index in [1.54, 1.807) is 0 Å². The van der Waals surface area contributed by atoms with Crippen LogP contribution in [0.1, 0.15) is 13.8 Å². The van der Waals surface area contributed by atoms with Crippen molar-refractivity contribution >= 4 is 0 Å². The average molecular weight is 227 g/mol. The Morgan fingerprint density at radius 1 is 1.25 bits per heavy atom. The van der Waals surface area contributed by atoms with E-state index in [1.807, 2.05) is 0 Å². The van der Waals surface area contributed by atoms with E-state index in [4.69, 9.17) is 4.74 Å². The summed E-state index contributed by atoms with van der Waals surface area (Å²) in [5.74, 6) is -1.31. The van der Waals surface area contributed by atoms with Gasteiger partial charge in [0.25, 0.3) is 0 Å². The molecule has 0 aromatic heterocycles. The zero-order chi connectivity index (χ0) is 11.7. The quantitative estimate of drug-likeness (QED) is 0.786. The lowest BCUT2D eigenvalue weighted by atomic mass is 10.1. The van der Waals surface area contributed by atoms with Crippen LogP contribution in [0.25, 0.3) is 0 Å². The number of halogens is 2. The van der Waals surface area contributed by atoms with E-state index >= 15 is 0 Å². The summed E-state index contributed by atoms with van der Waals surface area (Å²) in [6.07, 6.45) is 0.0901. The van der Waals surface area contributed by atoms with Crippen molar-refractivity contribution in [3.63, 3.8) is 0 Å². The summed E-state index contributed by atoms with van der Waals surface area (Å²) in [5.41, 5.74) is 0. The van der Waals surface area contributed by atoms with E-state index < -0.39 is 11.6 Å². The van der Waals surface area contributed by atoms with Crippen molar-refractivity contribution in [2.75, 3.05) is 13.1 Å². The third-order valence-corrected chi connectivity index (χ3v) is 2.80. The first kappa shape index (κ1) is 11.3. The molecule has 0 N–H and O–H groups in total. The Morgan fingerprint density at radius 2 is 1.94 bits per heavy atom. The molecule has 1 saturated heterocycles. The minimum absolute atomic E-state index is 0.0901. The average Bonchev–Trinajstić information content (AvgIpc) is 2.15. The molecule has 1 aliphatic rings. The summed E-state index contributed by atoms with van der Waals surface area (Å²) in [6.45, 7) is 5.93. The van der Waals surface area contributed by atoms with Gasteiger partial charge in [0.15, 0.2) is 11.6 Å². The molecule has 88 valence electrons. The summed E-state index contributed by atoms with van der Waals surface area (Å²) in [5, 5.41) is 0.